The summed E-state index contributed by atoms with van der Waals surface area (Å²) in [5, 5.41) is 18.1. The van der Waals surface area contributed by atoms with E-state index in [1.54, 1.807) is 36.4 Å². The number of benzene rings is 2. The van der Waals surface area contributed by atoms with E-state index in [0.29, 0.717) is 0 Å². The summed E-state index contributed by atoms with van der Waals surface area (Å²) in [6.45, 7) is 1.92. The fourth-order valence-electron chi connectivity index (χ4n) is 1.54. The second-order valence-corrected chi connectivity index (χ2v) is 5.00. The molecule has 0 fully saturated rings. The summed E-state index contributed by atoms with van der Waals surface area (Å²) in [5.41, 5.74) is 1.27. The molecule has 2 aromatic rings. The molecule has 0 amide bonds. The molecule has 0 radical (unpaired) electrons. The Morgan fingerprint density at radius 3 is 2.33 bits per heavy atom. The van der Waals surface area contributed by atoms with E-state index in [-0.39, 0.29) is 11.3 Å². The van der Waals surface area contributed by atoms with Crippen LogP contribution >= 0.6 is 11.8 Å². The van der Waals surface area contributed by atoms with Crippen molar-refractivity contribution in [2.75, 3.05) is 0 Å². The molecule has 4 heteroatoms. The lowest BCUT2D eigenvalue weighted by molar-refractivity contribution is 0.0697. The fraction of sp³-hybridized carbons (Fsp3) is 0.0714. The van der Waals surface area contributed by atoms with Crippen LogP contribution in [0.15, 0.2) is 52.3 Å². The highest BCUT2D eigenvalue weighted by molar-refractivity contribution is 7.99. The smallest absolute Gasteiger partial charge is 0.335 e. The van der Waals surface area contributed by atoms with Crippen LogP contribution in [-0.4, -0.2) is 16.2 Å². The van der Waals surface area contributed by atoms with Crippen LogP contribution in [0.5, 0.6) is 5.75 Å². The molecule has 0 bridgehead atoms. The van der Waals surface area contributed by atoms with Gasteiger partial charge in [0.05, 0.1) is 5.56 Å². The number of hydrogen-bond donors (Lipinski definition) is 2. The molecule has 0 atom stereocenters. The van der Waals surface area contributed by atoms with Crippen LogP contribution in [0.2, 0.25) is 0 Å². The molecule has 2 rings (SSSR count). The van der Waals surface area contributed by atoms with Gasteiger partial charge >= 0.3 is 5.97 Å². The number of phenols is 1. The Bertz CT molecular complexity index is 576. The lowest BCUT2D eigenvalue weighted by Crippen LogP contribution is -1.94. The third-order valence-electron chi connectivity index (χ3n) is 2.49. The first-order chi connectivity index (χ1) is 8.56. The Hall–Kier alpha value is -1.94. The van der Waals surface area contributed by atoms with E-state index in [4.69, 9.17) is 5.11 Å². The zero-order valence-corrected chi connectivity index (χ0v) is 10.6. The van der Waals surface area contributed by atoms with Gasteiger partial charge in [0.15, 0.2) is 0 Å². The third kappa shape index (κ3) is 2.84. The Morgan fingerprint density at radius 1 is 1.11 bits per heavy atom. The van der Waals surface area contributed by atoms with Crippen molar-refractivity contribution in [2.45, 2.75) is 16.7 Å². The van der Waals surface area contributed by atoms with Gasteiger partial charge in [-0.2, -0.15) is 0 Å². The van der Waals surface area contributed by atoms with Crippen LogP contribution in [-0.2, 0) is 0 Å². The number of aromatic hydroxyl groups is 1. The average molecular weight is 260 g/mol. The molecule has 0 aliphatic heterocycles. The number of carbonyl (C=O) groups is 1. The van der Waals surface area contributed by atoms with E-state index in [1.807, 2.05) is 13.0 Å². The molecule has 0 unspecified atom stereocenters. The summed E-state index contributed by atoms with van der Waals surface area (Å²) in [4.78, 5) is 12.7. The average Bonchev–Trinajstić information content (AvgIpc) is 2.33. The normalized spacial score (nSPS) is 10.3. The first-order valence-corrected chi connectivity index (χ1v) is 6.19. The number of carboxylic acids is 1. The van der Waals surface area contributed by atoms with Crippen molar-refractivity contribution >= 4 is 17.7 Å². The molecule has 0 aliphatic rings. The van der Waals surface area contributed by atoms with Gasteiger partial charge in [0, 0.05) is 9.79 Å². The molecule has 2 N–H and O–H groups in total. The molecule has 0 heterocycles. The van der Waals surface area contributed by atoms with Gasteiger partial charge in [0.2, 0.25) is 0 Å². The minimum Gasteiger partial charge on any atom is -0.508 e. The van der Waals surface area contributed by atoms with Crippen LogP contribution in [0.25, 0.3) is 0 Å². The molecule has 0 aromatic heterocycles. The summed E-state index contributed by atoms with van der Waals surface area (Å²) < 4.78 is 0. The SMILES string of the molecule is Cc1cc(O)ccc1Sc1ccc(C(=O)O)cc1. The molecule has 0 aliphatic carbocycles. The molecule has 92 valence electrons. The number of phenolic OH excluding ortho intramolecular Hbond substituents is 1. The minimum absolute atomic E-state index is 0.248. The van der Waals surface area contributed by atoms with Gasteiger partial charge in [0.25, 0.3) is 0 Å². The van der Waals surface area contributed by atoms with Crippen molar-refractivity contribution in [1.82, 2.24) is 0 Å². The van der Waals surface area contributed by atoms with Crippen molar-refractivity contribution in [3.05, 3.63) is 53.6 Å². The highest BCUT2D eigenvalue weighted by atomic mass is 32.2. The zero-order valence-electron chi connectivity index (χ0n) is 9.75. The van der Waals surface area contributed by atoms with E-state index < -0.39 is 5.97 Å². The van der Waals surface area contributed by atoms with Crippen LogP contribution in [0, 0.1) is 6.92 Å². The maximum Gasteiger partial charge on any atom is 0.335 e. The molecule has 18 heavy (non-hydrogen) atoms. The number of hydrogen-bond acceptors (Lipinski definition) is 3. The Balaban J connectivity index is 2.21. The van der Waals surface area contributed by atoms with Crippen LogP contribution in [0.4, 0.5) is 0 Å². The number of aromatic carboxylic acids is 1. The quantitative estimate of drug-likeness (QED) is 0.886. The van der Waals surface area contributed by atoms with Gasteiger partial charge < -0.3 is 10.2 Å². The molecule has 0 saturated carbocycles. The predicted octanol–water partition coefficient (Wildman–Crippen LogP) is 3.55. The van der Waals surface area contributed by atoms with Gasteiger partial charge in [-0.25, -0.2) is 4.79 Å². The van der Waals surface area contributed by atoms with Gasteiger partial charge in [-0.1, -0.05) is 11.8 Å². The van der Waals surface area contributed by atoms with E-state index >= 15 is 0 Å². The first kappa shape index (κ1) is 12.5. The van der Waals surface area contributed by atoms with Gasteiger partial charge in [-0.05, 0) is 55.0 Å². The second-order valence-electron chi connectivity index (χ2n) is 3.88. The number of aryl methyl sites for hydroxylation is 1. The van der Waals surface area contributed by atoms with Crippen molar-refractivity contribution in [3.63, 3.8) is 0 Å². The second kappa shape index (κ2) is 5.14. The largest absolute Gasteiger partial charge is 0.508 e. The molecule has 3 nitrogen and oxygen atoms in total. The Labute approximate surface area is 109 Å². The van der Waals surface area contributed by atoms with Crippen LogP contribution in [0.3, 0.4) is 0 Å². The zero-order chi connectivity index (χ0) is 13.1. The summed E-state index contributed by atoms with van der Waals surface area (Å²) in [6, 6.07) is 11.9. The maximum atomic E-state index is 10.7. The highest BCUT2D eigenvalue weighted by Gasteiger charge is 2.05. The summed E-state index contributed by atoms with van der Waals surface area (Å²) >= 11 is 1.54. The van der Waals surface area contributed by atoms with Crippen molar-refractivity contribution < 1.29 is 15.0 Å². The number of rotatable bonds is 3. The topological polar surface area (TPSA) is 57.5 Å². The molecule has 2 aromatic carbocycles. The van der Waals surface area contributed by atoms with Crippen molar-refractivity contribution in [3.8, 4) is 5.75 Å². The summed E-state index contributed by atoms with van der Waals surface area (Å²) in [7, 11) is 0. The minimum atomic E-state index is -0.924. The van der Waals surface area contributed by atoms with Gasteiger partial charge in [-0.3, -0.25) is 0 Å². The lowest BCUT2D eigenvalue weighted by Gasteiger charge is -2.06. The van der Waals surface area contributed by atoms with Gasteiger partial charge in [-0.15, -0.1) is 0 Å². The van der Waals surface area contributed by atoms with E-state index in [0.717, 1.165) is 15.4 Å². The Morgan fingerprint density at radius 2 is 1.78 bits per heavy atom. The first-order valence-electron chi connectivity index (χ1n) is 5.37. The van der Waals surface area contributed by atoms with Gasteiger partial charge in [0.1, 0.15) is 5.75 Å². The van der Waals surface area contributed by atoms with Crippen LogP contribution < -0.4 is 0 Å². The molecular formula is C14H12O3S. The van der Waals surface area contributed by atoms with Crippen LogP contribution in [0.1, 0.15) is 15.9 Å². The third-order valence-corrected chi connectivity index (χ3v) is 3.67. The predicted molar refractivity (Wildman–Crippen MR) is 70.4 cm³/mol. The maximum absolute atomic E-state index is 10.7. The summed E-state index contributed by atoms with van der Waals surface area (Å²) in [5.74, 6) is -0.676. The molecule has 0 saturated heterocycles. The van der Waals surface area contributed by atoms with Crippen molar-refractivity contribution in [1.29, 1.82) is 0 Å². The van der Waals surface area contributed by atoms with E-state index in [9.17, 15) is 9.90 Å². The fourth-order valence-corrected chi connectivity index (χ4v) is 2.42. The monoisotopic (exact) mass is 260 g/mol. The lowest BCUT2D eigenvalue weighted by atomic mass is 10.2. The van der Waals surface area contributed by atoms with Crippen molar-refractivity contribution in [2.24, 2.45) is 0 Å². The van der Waals surface area contributed by atoms with E-state index in [1.165, 1.54) is 11.8 Å². The standard InChI is InChI=1S/C14H12O3S/c1-9-8-11(15)4-7-13(9)18-12-5-2-10(3-6-12)14(16)17/h2-8,15H,1H3,(H,16,17). The number of carboxylic acid groups (broad SMARTS) is 1. The Kier molecular flexibility index (Phi) is 3.58. The van der Waals surface area contributed by atoms with E-state index in [2.05, 4.69) is 0 Å². The highest BCUT2D eigenvalue weighted by Crippen LogP contribution is 2.31. The summed E-state index contributed by atoms with van der Waals surface area (Å²) in [6.07, 6.45) is 0. The molecule has 0 spiro atoms. The molecular weight excluding hydrogens is 248 g/mol.